The monoisotopic (exact) mass is 378 g/mol. The minimum Gasteiger partial charge on any atom is -0.360 e. The van der Waals surface area contributed by atoms with Crippen molar-refractivity contribution in [3.8, 4) is 0 Å². The molecule has 1 aliphatic rings. The molecule has 0 bridgehead atoms. The molecule has 3 aromatic rings. The summed E-state index contributed by atoms with van der Waals surface area (Å²) >= 11 is 3.45. The van der Waals surface area contributed by atoms with E-state index >= 15 is 0 Å². The van der Waals surface area contributed by atoms with Crippen LogP contribution in [-0.2, 0) is 0 Å². The lowest BCUT2D eigenvalue weighted by Crippen LogP contribution is -2.43. The van der Waals surface area contributed by atoms with Crippen molar-refractivity contribution >= 4 is 33.2 Å². The van der Waals surface area contributed by atoms with E-state index in [0.717, 1.165) is 21.4 Å². The molecule has 0 radical (unpaired) electrons. The highest BCUT2D eigenvalue weighted by molar-refractivity contribution is 9.10. The quantitative estimate of drug-likeness (QED) is 0.662. The Bertz CT molecular complexity index is 878. The summed E-state index contributed by atoms with van der Waals surface area (Å²) in [6.07, 6.45) is -0.241. The van der Waals surface area contributed by atoms with Crippen LogP contribution in [0.2, 0.25) is 0 Å². The molecule has 0 aliphatic carbocycles. The summed E-state index contributed by atoms with van der Waals surface area (Å²) in [4.78, 5) is 15.0. The first kappa shape index (κ1) is 15.0. The van der Waals surface area contributed by atoms with Crippen molar-refractivity contribution < 1.29 is 4.79 Å². The third-order valence-electron chi connectivity index (χ3n) is 4.15. The largest absolute Gasteiger partial charge is 0.360 e. The molecule has 1 heterocycles. The molecule has 4 rings (SSSR count). The third kappa shape index (κ3) is 2.59. The number of halogens is 1. The minimum atomic E-state index is -0.241. The molecule has 118 valence electrons. The van der Waals surface area contributed by atoms with E-state index in [0.29, 0.717) is 5.56 Å². The Morgan fingerprint density at radius 3 is 2.25 bits per heavy atom. The van der Waals surface area contributed by atoms with Crippen LogP contribution >= 0.6 is 15.9 Å². The van der Waals surface area contributed by atoms with Crippen LogP contribution in [0.3, 0.4) is 0 Å². The highest BCUT2D eigenvalue weighted by Crippen LogP contribution is 2.36. The minimum absolute atomic E-state index is 0.000487. The van der Waals surface area contributed by atoms with Crippen molar-refractivity contribution in [2.45, 2.75) is 6.17 Å². The number of hydrogen-bond acceptors (Lipinski definition) is 2. The van der Waals surface area contributed by atoms with Crippen LogP contribution in [0.25, 0.3) is 0 Å². The number of nitrogens with zero attached hydrogens (tertiary/aromatic N) is 1. The predicted octanol–water partition coefficient (Wildman–Crippen LogP) is 5.22. The van der Waals surface area contributed by atoms with Crippen LogP contribution in [-0.4, -0.2) is 5.91 Å². The second-order valence-electron chi connectivity index (χ2n) is 5.65. The summed E-state index contributed by atoms with van der Waals surface area (Å²) < 4.78 is 0.986. The fourth-order valence-corrected chi connectivity index (χ4v) is 3.25. The van der Waals surface area contributed by atoms with Gasteiger partial charge in [0.1, 0.15) is 6.17 Å². The molecule has 0 fully saturated rings. The molecule has 3 aromatic carbocycles. The van der Waals surface area contributed by atoms with E-state index in [-0.39, 0.29) is 12.1 Å². The lowest BCUT2D eigenvalue weighted by Gasteiger charge is -2.38. The number of anilines is 2. The fourth-order valence-electron chi connectivity index (χ4n) is 2.99. The van der Waals surface area contributed by atoms with Crippen LogP contribution in [0.15, 0.2) is 83.3 Å². The topological polar surface area (TPSA) is 32.3 Å². The number of carbonyl (C=O) groups is 1. The zero-order valence-electron chi connectivity index (χ0n) is 12.8. The van der Waals surface area contributed by atoms with Gasteiger partial charge in [0.25, 0.3) is 5.91 Å². The standard InChI is InChI=1S/C20H15BrN2O/c21-15-10-12-16(13-11-15)23-19(14-6-2-1-3-7-14)22-18-9-5-4-8-17(18)20(23)24/h1-13,19,22H/t19-/m1/s1. The van der Waals surface area contributed by atoms with Gasteiger partial charge in [-0.05, 0) is 42.0 Å². The summed E-state index contributed by atoms with van der Waals surface area (Å²) in [7, 11) is 0. The number of fused-ring (bicyclic) bond motifs is 1. The number of nitrogens with one attached hydrogen (secondary N) is 1. The smallest absolute Gasteiger partial charge is 0.262 e. The molecule has 4 heteroatoms. The van der Waals surface area contributed by atoms with Gasteiger partial charge in [0.15, 0.2) is 0 Å². The highest BCUT2D eigenvalue weighted by atomic mass is 79.9. The molecule has 3 nitrogen and oxygen atoms in total. The summed E-state index contributed by atoms with van der Waals surface area (Å²) in [5.41, 5.74) is 3.46. The van der Waals surface area contributed by atoms with Crippen molar-refractivity contribution in [2.24, 2.45) is 0 Å². The van der Waals surface area contributed by atoms with E-state index < -0.39 is 0 Å². The van der Waals surface area contributed by atoms with Crippen LogP contribution in [0, 0.1) is 0 Å². The van der Waals surface area contributed by atoms with Gasteiger partial charge in [-0.2, -0.15) is 0 Å². The third-order valence-corrected chi connectivity index (χ3v) is 4.68. The first-order valence-corrected chi connectivity index (χ1v) is 8.53. The molecule has 24 heavy (non-hydrogen) atoms. The molecule has 1 N–H and O–H groups in total. The van der Waals surface area contributed by atoms with Crippen molar-refractivity contribution in [2.75, 3.05) is 10.2 Å². The average molecular weight is 379 g/mol. The normalized spacial score (nSPS) is 16.5. The second-order valence-corrected chi connectivity index (χ2v) is 6.57. The molecule has 0 spiro atoms. The Morgan fingerprint density at radius 1 is 0.833 bits per heavy atom. The van der Waals surface area contributed by atoms with E-state index in [2.05, 4.69) is 21.2 Å². The number of amides is 1. The molecular weight excluding hydrogens is 364 g/mol. The zero-order valence-corrected chi connectivity index (χ0v) is 14.4. The number of para-hydroxylation sites is 1. The summed E-state index contributed by atoms with van der Waals surface area (Å²) in [6, 6.07) is 25.5. The van der Waals surface area contributed by atoms with Crippen molar-refractivity contribution in [3.05, 3.63) is 94.5 Å². The van der Waals surface area contributed by atoms with E-state index in [1.165, 1.54) is 0 Å². The molecule has 1 amide bonds. The van der Waals surface area contributed by atoms with Crippen LogP contribution in [0.5, 0.6) is 0 Å². The van der Waals surface area contributed by atoms with Gasteiger partial charge >= 0.3 is 0 Å². The van der Waals surface area contributed by atoms with Gasteiger partial charge in [0, 0.05) is 15.8 Å². The second kappa shape index (κ2) is 6.13. The maximum absolute atomic E-state index is 13.2. The Labute approximate surface area is 149 Å². The molecular formula is C20H15BrN2O. The summed E-state index contributed by atoms with van der Waals surface area (Å²) in [5.74, 6) is 0.000487. The van der Waals surface area contributed by atoms with Gasteiger partial charge in [0.2, 0.25) is 0 Å². The number of rotatable bonds is 2. The number of carbonyl (C=O) groups excluding carboxylic acids is 1. The molecule has 0 saturated carbocycles. The Hall–Kier alpha value is -2.59. The average Bonchev–Trinajstić information content (AvgIpc) is 2.63. The van der Waals surface area contributed by atoms with E-state index in [1.807, 2.05) is 83.8 Å². The van der Waals surface area contributed by atoms with Crippen molar-refractivity contribution in [1.29, 1.82) is 0 Å². The predicted molar refractivity (Wildman–Crippen MR) is 100 cm³/mol. The zero-order chi connectivity index (χ0) is 16.5. The van der Waals surface area contributed by atoms with Gasteiger partial charge in [0.05, 0.1) is 5.56 Å². The molecule has 0 aromatic heterocycles. The lowest BCUT2D eigenvalue weighted by atomic mass is 10.0. The van der Waals surface area contributed by atoms with Gasteiger partial charge in [-0.25, -0.2) is 0 Å². The SMILES string of the molecule is O=C1c2ccccc2N[C@@H](c2ccccc2)N1c1ccc(Br)cc1. The van der Waals surface area contributed by atoms with Gasteiger partial charge < -0.3 is 5.32 Å². The number of hydrogen-bond donors (Lipinski definition) is 1. The van der Waals surface area contributed by atoms with Gasteiger partial charge in [-0.15, -0.1) is 0 Å². The van der Waals surface area contributed by atoms with Crippen LogP contribution in [0.4, 0.5) is 11.4 Å². The molecule has 0 saturated heterocycles. The van der Waals surface area contributed by atoms with Gasteiger partial charge in [-0.1, -0.05) is 58.4 Å². The van der Waals surface area contributed by atoms with E-state index in [1.54, 1.807) is 0 Å². The molecule has 1 atom stereocenters. The maximum atomic E-state index is 13.2. The summed E-state index contributed by atoms with van der Waals surface area (Å²) in [5, 5.41) is 3.50. The lowest BCUT2D eigenvalue weighted by molar-refractivity contribution is 0.0975. The Balaban J connectivity index is 1.86. The fraction of sp³-hybridized carbons (Fsp3) is 0.0500. The van der Waals surface area contributed by atoms with E-state index in [9.17, 15) is 4.79 Å². The summed E-state index contributed by atoms with van der Waals surface area (Å²) in [6.45, 7) is 0. The first-order valence-electron chi connectivity index (χ1n) is 7.74. The first-order chi connectivity index (χ1) is 11.7. The van der Waals surface area contributed by atoms with Gasteiger partial charge in [-0.3, -0.25) is 9.69 Å². The highest BCUT2D eigenvalue weighted by Gasteiger charge is 2.33. The number of benzene rings is 3. The maximum Gasteiger partial charge on any atom is 0.262 e. The molecule has 0 unspecified atom stereocenters. The Morgan fingerprint density at radius 2 is 1.50 bits per heavy atom. The van der Waals surface area contributed by atoms with E-state index in [4.69, 9.17) is 0 Å². The Kier molecular flexibility index (Phi) is 3.82. The van der Waals surface area contributed by atoms with Crippen LogP contribution < -0.4 is 10.2 Å². The van der Waals surface area contributed by atoms with Crippen molar-refractivity contribution in [3.63, 3.8) is 0 Å². The molecule has 1 aliphatic heterocycles. The van der Waals surface area contributed by atoms with Crippen molar-refractivity contribution in [1.82, 2.24) is 0 Å². The van der Waals surface area contributed by atoms with Crippen LogP contribution in [0.1, 0.15) is 22.1 Å².